The Morgan fingerprint density at radius 2 is 1.91 bits per heavy atom. The summed E-state index contributed by atoms with van der Waals surface area (Å²) in [6.07, 6.45) is 0.631. The summed E-state index contributed by atoms with van der Waals surface area (Å²) >= 11 is 12.5. The minimum Gasteiger partial charge on any atom is -0.385 e. The molecule has 0 aromatic heterocycles. The van der Waals surface area contributed by atoms with E-state index in [2.05, 4.69) is 5.32 Å². The lowest BCUT2D eigenvalue weighted by Crippen LogP contribution is -2.35. The van der Waals surface area contributed by atoms with Gasteiger partial charge in [-0.05, 0) is 30.7 Å². The molecule has 0 saturated carbocycles. The summed E-state index contributed by atoms with van der Waals surface area (Å²) in [5, 5.41) is 3.24. The van der Waals surface area contributed by atoms with Gasteiger partial charge in [0.1, 0.15) is 10.9 Å². The van der Waals surface area contributed by atoms with E-state index in [9.17, 15) is 14.4 Å². The van der Waals surface area contributed by atoms with E-state index in [-0.39, 0.29) is 28.8 Å². The van der Waals surface area contributed by atoms with Gasteiger partial charge in [0.15, 0.2) is 0 Å². The van der Waals surface area contributed by atoms with Crippen LogP contribution >= 0.6 is 35.6 Å². The molecule has 0 bridgehead atoms. The number of hydrogen-bond acceptors (Lipinski definition) is 6. The monoisotopic (exact) mass is 501 g/mol. The zero-order valence-corrected chi connectivity index (χ0v) is 20.1. The first-order valence-electron chi connectivity index (χ1n) is 10.1. The summed E-state index contributed by atoms with van der Waals surface area (Å²) in [6.45, 7) is 0.705. The molecular weight excluding hydrogens is 482 g/mol. The third-order valence-electron chi connectivity index (χ3n) is 5.14. The summed E-state index contributed by atoms with van der Waals surface area (Å²) in [5.74, 6) is -1.09. The minimum absolute atomic E-state index is 0.208. The number of nitrogens with one attached hydrogen (secondary N) is 1. The van der Waals surface area contributed by atoms with Crippen LogP contribution in [-0.4, -0.2) is 53.7 Å². The van der Waals surface area contributed by atoms with Gasteiger partial charge in [-0.3, -0.25) is 24.2 Å². The Bertz CT molecular complexity index is 1180. The van der Waals surface area contributed by atoms with Gasteiger partial charge in [-0.2, -0.15) is 0 Å². The van der Waals surface area contributed by atoms with Crippen molar-refractivity contribution in [3.05, 3.63) is 64.0 Å². The van der Waals surface area contributed by atoms with Crippen molar-refractivity contribution in [1.82, 2.24) is 4.90 Å². The van der Waals surface area contributed by atoms with E-state index >= 15 is 0 Å². The molecule has 4 rings (SSSR count). The van der Waals surface area contributed by atoms with Gasteiger partial charge < -0.3 is 10.1 Å². The molecule has 1 fully saturated rings. The molecule has 1 saturated heterocycles. The van der Waals surface area contributed by atoms with E-state index in [0.29, 0.717) is 45.9 Å². The summed E-state index contributed by atoms with van der Waals surface area (Å²) in [4.78, 5) is 42.4. The zero-order chi connectivity index (χ0) is 23.5. The SMILES string of the molecule is COCCCN1C(=O)/C(=C2\C(=O)N(CC(=O)Nc3cccc(Cl)c3)c3ccccc32)SC1=S. The maximum Gasteiger partial charge on any atom is 0.267 e. The second kappa shape index (κ2) is 10.0. The lowest BCUT2D eigenvalue weighted by atomic mass is 10.1. The first kappa shape index (κ1) is 23.4. The lowest BCUT2D eigenvalue weighted by molar-refractivity contribution is -0.122. The van der Waals surface area contributed by atoms with Gasteiger partial charge in [0.25, 0.3) is 11.8 Å². The van der Waals surface area contributed by atoms with Gasteiger partial charge in [0, 0.05) is 36.5 Å². The van der Waals surface area contributed by atoms with Crippen molar-refractivity contribution in [2.75, 3.05) is 37.0 Å². The fourth-order valence-corrected chi connectivity index (χ4v) is 5.25. The predicted molar refractivity (Wildman–Crippen MR) is 134 cm³/mol. The van der Waals surface area contributed by atoms with E-state index in [4.69, 9.17) is 28.6 Å². The normalized spacial score (nSPS) is 17.7. The number of carbonyl (C=O) groups is 3. The fourth-order valence-electron chi connectivity index (χ4n) is 3.68. The largest absolute Gasteiger partial charge is 0.385 e. The van der Waals surface area contributed by atoms with Crippen molar-refractivity contribution in [2.45, 2.75) is 6.42 Å². The second-order valence-corrected chi connectivity index (χ2v) is 9.42. The number of para-hydroxylation sites is 1. The number of ether oxygens (including phenoxy) is 1. The predicted octanol–water partition coefficient (Wildman–Crippen LogP) is 3.93. The van der Waals surface area contributed by atoms with Gasteiger partial charge in [-0.15, -0.1) is 0 Å². The van der Waals surface area contributed by atoms with Gasteiger partial charge in [-0.25, -0.2) is 0 Å². The number of thiocarbonyl (C=S) groups is 1. The molecule has 0 atom stereocenters. The highest BCUT2D eigenvalue weighted by molar-refractivity contribution is 8.26. The van der Waals surface area contributed by atoms with Crippen LogP contribution in [0.5, 0.6) is 0 Å². The molecule has 2 aromatic rings. The number of anilines is 2. The number of fused-ring (bicyclic) bond motifs is 1. The number of benzene rings is 2. The molecular formula is C23H20ClN3O4S2. The smallest absolute Gasteiger partial charge is 0.267 e. The molecule has 0 aliphatic carbocycles. The topological polar surface area (TPSA) is 79.0 Å². The molecule has 0 unspecified atom stereocenters. The van der Waals surface area contributed by atoms with Crippen molar-refractivity contribution in [1.29, 1.82) is 0 Å². The fraction of sp³-hybridized carbons (Fsp3) is 0.217. The molecule has 3 amide bonds. The number of halogens is 1. The van der Waals surface area contributed by atoms with E-state index in [0.717, 1.165) is 11.8 Å². The van der Waals surface area contributed by atoms with Crippen LogP contribution in [0.4, 0.5) is 11.4 Å². The number of amides is 3. The van der Waals surface area contributed by atoms with Crippen LogP contribution in [0.15, 0.2) is 53.4 Å². The molecule has 7 nitrogen and oxygen atoms in total. The second-order valence-electron chi connectivity index (χ2n) is 7.34. The van der Waals surface area contributed by atoms with Crippen LogP contribution in [-0.2, 0) is 19.1 Å². The molecule has 1 N–H and O–H groups in total. The van der Waals surface area contributed by atoms with Crippen molar-refractivity contribution in [3.63, 3.8) is 0 Å². The van der Waals surface area contributed by atoms with Gasteiger partial charge in [-0.1, -0.05) is 59.8 Å². The molecule has 2 aliphatic heterocycles. The molecule has 10 heteroatoms. The number of thioether (sulfide) groups is 1. The van der Waals surface area contributed by atoms with Crippen LogP contribution in [0.25, 0.3) is 5.57 Å². The van der Waals surface area contributed by atoms with Crippen LogP contribution in [0.3, 0.4) is 0 Å². The van der Waals surface area contributed by atoms with E-state index in [1.54, 1.807) is 55.6 Å². The van der Waals surface area contributed by atoms with Crippen molar-refractivity contribution >= 4 is 74.6 Å². The first-order valence-corrected chi connectivity index (χ1v) is 11.7. The van der Waals surface area contributed by atoms with Gasteiger partial charge in [0.2, 0.25) is 5.91 Å². The highest BCUT2D eigenvalue weighted by atomic mass is 35.5. The number of hydrogen-bond donors (Lipinski definition) is 1. The third kappa shape index (κ3) is 4.81. The number of carbonyl (C=O) groups excluding carboxylic acids is 3. The molecule has 2 aliphatic rings. The van der Waals surface area contributed by atoms with Crippen LogP contribution in [0.1, 0.15) is 12.0 Å². The number of nitrogens with zero attached hydrogens (tertiary/aromatic N) is 2. The van der Waals surface area contributed by atoms with E-state index < -0.39 is 5.91 Å². The molecule has 33 heavy (non-hydrogen) atoms. The summed E-state index contributed by atoms with van der Waals surface area (Å²) in [7, 11) is 1.59. The third-order valence-corrected chi connectivity index (χ3v) is 6.82. The highest BCUT2D eigenvalue weighted by Crippen LogP contribution is 2.44. The van der Waals surface area contributed by atoms with E-state index in [1.165, 1.54) is 9.80 Å². The van der Waals surface area contributed by atoms with Gasteiger partial charge in [0.05, 0.1) is 16.2 Å². The summed E-state index contributed by atoms with van der Waals surface area (Å²) in [5.41, 5.74) is 1.98. The molecule has 170 valence electrons. The summed E-state index contributed by atoms with van der Waals surface area (Å²) in [6, 6.07) is 13.9. The maximum absolute atomic E-state index is 13.4. The Labute approximate surface area is 205 Å². The quantitative estimate of drug-likeness (QED) is 0.352. The summed E-state index contributed by atoms with van der Waals surface area (Å²) < 4.78 is 5.46. The first-order chi connectivity index (χ1) is 15.9. The lowest BCUT2D eigenvalue weighted by Gasteiger charge is -2.17. The highest BCUT2D eigenvalue weighted by Gasteiger charge is 2.42. The molecule has 2 heterocycles. The van der Waals surface area contributed by atoms with E-state index in [1.807, 2.05) is 0 Å². The maximum atomic E-state index is 13.4. The Kier molecular flexibility index (Phi) is 7.14. The van der Waals surface area contributed by atoms with Crippen LogP contribution < -0.4 is 10.2 Å². The number of methoxy groups -OCH3 is 1. The number of rotatable bonds is 7. The van der Waals surface area contributed by atoms with Crippen molar-refractivity contribution < 1.29 is 19.1 Å². The van der Waals surface area contributed by atoms with Gasteiger partial charge >= 0.3 is 0 Å². The Hall–Kier alpha value is -2.72. The molecule has 0 radical (unpaired) electrons. The van der Waals surface area contributed by atoms with Crippen molar-refractivity contribution in [3.8, 4) is 0 Å². The molecule has 0 spiro atoms. The Morgan fingerprint density at radius 3 is 2.67 bits per heavy atom. The average molecular weight is 502 g/mol. The van der Waals surface area contributed by atoms with Crippen LogP contribution in [0.2, 0.25) is 5.02 Å². The van der Waals surface area contributed by atoms with Crippen LogP contribution in [0, 0.1) is 0 Å². The molecule has 2 aromatic carbocycles. The zero-order valence-electron chi connectivity index (χ0n) is 17.7. The van der Waals surface area contributed by atoms with Crippen molar-refractivity contribution in [2.24, 2.45) is 0 Å². The standard InChI is InChI=1S/C23H20ClN3O4S2/c1-31-11-5-10-26-22(30)20(33-23(26)32)19-16-8-2-3-9-17(16)27(21(19)29)13-18(28)25-15-7-4-6-14(24)12-15/h2-4,6-9,12H,5,10-11,13H2,1H3,(H,25,28)/b20-19+. The Morgan fingerprint density at radius 1 is 1.12 bits per heavy atom. The minimum atomic E-state index is -0.408. The average Bonchev–Trinajstić information content (AvgIpc) is 3.21. The Balaban J connectivity index is 1.60.